The lowest BCUT2D eigenvalue weighted by atomic mass is 9.95. The molecule has 19 heavy (non-hydrogen) atoms. The maximum Gasteiger partial charge on any atom is 0.244 e. The van der Waals surface area contributed by atoms with Gasteiger partial charge >= 0.3 is 0 Å². The molecule has 3 nitrogen and oxygen atoms in total. The lowest BCUT2D eigenvalue weighted by molar-refractivity contribution is -0.117. The zero-order valence-corrected chi connectivity index (χ0v) is 10.9. The molecule has 1 aromatic rings. The topological polar surface area (TPSA) is 52.9 Å². The van der Waals surface area contributed by atoms with Gasteiger partial charge in [-0.1, -0.05) is 31.4 Å². The number of rotatable bonds is 3. The predicted molar refractivity (Wildman–Crippen MR) is 75.2 cm³/mol. The summed E-state index contributed by atoms with van der Waals surface area (Å²) in [5.74, 6) is -0.0470. The summed E-state index contributed by atoms with van der Waals surface area (Å²) in [6.45, 7) is 0. The molecule has 3 heteroatoms. The van der Waals surface area contributed by atoms with Gasteiger partial charge in [0, 0.05) is 12.1 Å². The molecule has 0 bridgehead atoms. The largest absolute Gasteiger partial charge is 0.350 e. The summed E-state index contributed by atoms with van der Waals surface area (Å²) in [6, 6.07) is 9.63. The normalized spacial score (nSPS) is 16.2. The molecule has 0 aromatic heterocycles. The van der Waals surface area contributed by atoms with Gasteiger partial charge in [0.15, 0.2) is 0 Å². The predicted octanol–water partition coefficient (Wildman–Crippen LogP) is 3.02. The highest BCUT2D eigenvalue weighted by molar-refractivity contribution is 5.91. The molecule has 0 heterocycles. The first-order valence-corrected chi connectivity index (χ1v) is 6.76. The Bertz CT molecular complexity index is 508. The van der Waals surface area contributed by atoms with E-state index in [1.807, 2.05) is 12.1 Å². The molecule has 98 valence electrons. The maximum atomic E-state index is 11.8. The molecule has 1 aliphatic carbocycles. The van der Waals surface area contributed by atoms with E-state index in [1.54, 1.807) is 24.3 Å². The third-order valence-corrected chi connectivity index (χ3v) is 3.39. The van der Waals surface area contributed by atoms with Crippen LogP contribution in [0, 0.1) is 11.3 Å². The van der Waals surface area contributed by atoms with Crippen LogP contribution < -0.4 is 5.32 Å². The second-order valence-electron chi connectivity index (χ2n) is 4.91. The van der Waals surface area contributed by atoms with Crippen molar-refractivity contribution in [2.75, 3.05) is 0 Å². The van der Waals surface area contributed by atoms with Gasteiger partial charge in [-0.15, -0.1) is 0 Å². The lowest BCUT2D eigenvalue weighted by Crippen LogP contribution is -2.34. The molecular weight excluding hydrogens is 236 g/mol. The van der Waals surface area contributed by atoms with Gasteiger partial charge in [0.05, 0.1) is 11.6 Å². The van der Waals surface area contributed by atoms with Gasteiger partial charge in [-0.25, -0.2) is 0 Å². The highest BCUT2D eigenvalue weighted by Crippen LogP contribution is 2.17. The van der Waals surface area contributed by atoms with E-state index in [4.69, 9.17) is 5.26 Å². The second kappa shape index (κ2) is 6.75. The Kier molecular flexibility index (Phi) is 4.74. The smallest absolute Gasteiger partial charge is 0.244 e. The number of benzene rings is 1. The molecule has 1 saturated carbocycles. The zero-order chi connectivity index (χ0) is 13.5. The summed E-state index contributed by atoms with van der Waals surface area (Å²) in [5, 5.41) is 11.8. The van der Waals surface area contributed by atoms with Crippen molar-refractivity contribution < 1.29 is 4.79 Å². The highest BCUT2D eigenvalue weighted by atomic mass is 16.1. The SMILES string of the molecule is N#Cc1cccc(/C=C\C(=O)NC2CCCCC2)c1. The van der Waals surface area contributed by atoms with Crippen molar-refractivity contribution in [3.8, 4) is 6.07 Å². The number of amides is 1. The standard InChI is InChI=1S/C16H18N2O/c17-12-14-6-4-5-13(11-14)9-10-16(19)18-15-7-2-1-3-8-15/h4-6,9-11,15H,1-3,7-8H2,(H,18,19)/b10-9-. The molecule has 1 aromatic carbocycles. The number of nitrogens with one attached hydrogen (secondary N) is 1. The van der Waals surface area contributed by atoms with Gasteiger partial charge in [-0.2, -0.15) is 5.26 Å². The van der Waals surface area contributed by atoms with Crippen LogP contribution in [0.25, 0.3) is 6.08 Å². The van der Waals surface area contributed by atoms with Crippen molar-refractivity contribution in [2.24, 2.45) is 0 Å². The number of carbonyl (C=O) groups excluding carboxylic acids is 1. The minimum absolute atomic E-state index is 0.0470. The summed E-state index contributed by atoms with van der Waals surface area (Å²) >= 11 is 0. The average molecular weight is 254 g/mol. The van der Waals surface area contributed by atoms with Gasteiger partial charge in [0.2, 0.25) is 5.91 Å². The lowest BCUT2D eigenvalue weighted by Gasteiger charge is -2.21. The van der Waals surface area contributed by atoms with Crippen LogP contribution in [0.1, 0.15) is 43.2 Å². The highest BCUT2D eigenvalue weighted by Gasteiger charge is 2.13. The number of carbonyl (C=O) groups is 1. The van der Waals surface area contributed by atoms with Gasteiger partial charge < -0.3 is 5.32 Å². The Hall–Kier alpha value is -2.08. The quantitative estimate of drug-likeness (QED) is 0.843. The molecule has 0 saturated heterocycles. The van der Waals surface area contributed by atoms with E-state index < -0.39 is 0 Å². The summed E-state index contributed by atoms with van der Waals surface area (Å²) in [4.78, 5) is 11.8. The molecule has 1 fully saturated rings. The Balaban J connectivity index is 1.90. The van der Waals surface area contributed by atoms with Crippen LogP contribution >= 0.6 is 0 Å². The van der Waals surface area contributed by atoms with Crippen LogP contribution in [-0.2, 0) is 4.79 Å². The molecule has 0 unspecified atom stereocenters. The van der Waals surface area contributed by atoms with Crippen molar-refractivity contribution in [3.05, 3.63) is 41.5 Å². The first-order chi connectivity index (χ1) is 9.28. The zero-order valence-electron chi connectivity index (χ0n) is 10.9. The molecule has 0 spiro atoms. The van der Waals surface area contributed by atoms with Crippen LogP contribution in [0.2, 0.25) is 0 Å². The summed E-state index contributed by atoms with van der Waals surface area (Å²) in [6.07, 6.45) is 9.16. The maximum absolute atomic E-state index is 11.8. The van der Waals surface area contributed by atoms with Crippen molar-refractivity contribution in [2.45, 2.75) is 38.1 Å². The first kappa shape index (κ1) is 13.4. The van der Waals surface area contributed by atoms with Crippen molar-refractivity contribution >= 4 is 12.0 Å². The Morgan fingerprint density at radius 2 is 2.11 bits per heavy atom. The minimum Gasteiger partial charge on any atom is -0.350 e. The number of hydrogen-bond donors (Lipinski definition) is 1. The van der Waals surface area contributed by atoms with Gasteiger partial charge in [0.1, 0.15) is 0 Å². The van der Waals surface area contributed by atoms with Crippen molar-refractivity contribution in [3.63, 3.8) is 0 Å². The van der Waals surface area contributed by atoms with Crippen molar-refractivity contribution in [1.29, 1.82) is 5.26 Å². The van der Waals surface area contributed by atoms with E-state index >= 15 is 0 Å². The number of nitrogens with zero attached hydrogens (tertiary/aromatic N) is 1. The molecule has 1 aliphatic rings. The molecular formula is C16H18N2O. The Morgan fingerprint density at radius 3 is 2.84 bits per heavy atom. The molecule has 1 N–H and O–H groups in total. The van der Waals surface area contributed by atoms with Crippen LogP contribution in [0.3, 0.4) is 0 Å². The fourth-order valence-corrected chi connectivity index (χ4v) is 2.38. The van der Waals surface area contributed by atoms with E-state index in [9.17, 15) is 4.79 Å². The molecule has 2 rings (SSSR count). The van der Waals surface area contributed by atoms with Crippen LogP contribution in [-0.4, -0.2) is 11.9 Å². The van der Waals surface area contributed by atoms with E-state index in [1.165, 1.54) is 19.3 Å². The average Bonchev–Trinajstić information content (AvgIpc) is 2.46. The third kappa shape index (κ3) is 4.26. The summed E-state index contributed by atoms with van der Waals surface area (Å²) < 4.78 is 0. The second-order valence-corrected chi connectivity index (χ2v) is 4.91. The van der Waals surface area contributed by atoms with Gasteiger partial charge in [-0.3, -0.25) is 4.79 Å². The fourth-order valence-electron chi connectivity index (χ4n) is 2.38. The van der Waals surface area contributed by atoms with Crippen LogP contribution in [0.5, 0.6) is 0 Å². The minimum atomic E-state index is -0.0470. The van der Waals surface area contributed by atoms with E-state index in [-0.39, 0.29) is 5.91 Å². The molecule has 0 aliphatic heterocycles. The molecule has 0 atom stereocenters. The number of nitriles is 1. The molecule has 1 amide bonds. The van der Waals surface area contributed by atoms with E-state index in [2.05, 4.69) is 11.4 Å². The monoisotopic (exact) mass is 254 g/mol. The summed E-state index contributed by atoms with van der Waals surface area (Å²) in [7, 11) is 0. The fraction of sp³-hybridized carbons (Fsp3) is 0.375. The van der Waals surface area contributed by atoms with E-state index in [0.717, 1.165) is 18.4 Å². The van der Waals surface area contributed by atoms with Crippen molar-refractivity contribution in [1.82, 2.24) is 5.32 Å². The van der Waals surface area contributed by atoms with E-state index in [0.29, 0.717) is 11.6 Å². The summed E-state index contributed by atoms with van der Waals surface area (Å²) in [5.41, 5.74) is 1.48. The third-order valence-electron chi connectivity index (χ3n) is 3.39. The number of hydrogen-bond acceptors (Lipinski definition) is 2. The first-order valence-electron chi connectivity index (χ1n) is 6.76. The van der Waals surface area contributed by atoms with Crippen LogP contribution in [0.4, 0.5) is 0 Å². The Morgan fingerprint density at radius 1 is 1.32 bits per heavy atom. The van der Waals surface area contributed by atoms with Gasteiger partial charge in [0.25, 0.3) is 0 Å². The van der Waals surface area contributed by atoms with Crippen LogP contribution in [0.15, 0.2) is 30.3 Å². The van der Waals surface area contributed by atoms with Gasteiger partial charge in [-0.05, 0) is 36.6 Å². The molecule has 0 radical (unpaired) electrons. The Labute approximate surface area is 113 Å².